The average molecular weight is 417 g/mol. The Morgan fingerprint density at radius 2 is 2.00 bits per heavy atom. The van der Waals surface area contributed by atoms with Gasteiger partial charge in [0.15, 0.2) is 5.82 Å². The summed E-state index contributed by atoms with van der Waals surface area (Å²) in [7, 11) is 0. The normalized spacial score (nSPS) is 12.9. The number of amides is 1. The smallest absolute Gasteiger partial charge is 0.250 e. The molecular formula is C22H19N5O2S. The van der Waals surface area contributed by atoms with Gasteiger partial charge in [-0.25, -0.2) is 4.98 Å². The van der Waals surface area contributed by atoms with Crippen molar-refractivity contribution in [2.45, 2.75) is 19.4 Å². The van der Waals surface area contributed by atoms with E-state index < -0.39 is 5.91 Å². The Kier molecular flexibility index (Phi) is 4.76. The predicted molar refractivity (Wildman–Crippen MR) is 117 cm³/mol. The van der Waals surface area contributed by atoms with Crippen LogP contribution in [-0.2, 0) is 13.0 Å². The van der Waals surface area contributed by atoms with E-state index in [1.54, 1.807) is 12.1 Å². The van der Waals surface area contributed by atoms with Gasteiger partial charge in [-0.2, -0.15) is 9.36 Å². The molecule has 0 saturated carbocycles. The Morgan fingerprint density at radius 1 is 1.13 bits per heavy atom. The standard InChI is InChI=1S/C22H19N5O2S/c23-19(28)15-9-4-8-14-17(27-30-18(14)15)21-25-20(16-10-5-11-29-22(16)26-21)24-12-13-6-2-1-3-7-13/h1-4,6-9H,5,10-12H2,(H2,23,28)(H,24,25,26). The molecule has 0 atom stereocenters. The lowest BCUT2D eigenvalue weighted by Crippen LogP contribution is -2.15. The van der Waals surface area contributed by atoms with Crippen LogP contribution in [0.1, 0.15) is 27.9 Å². The molecule has 7 nitrogen and oxygen atoms in total. The Morgan fingerprint density at radius 3 is 2.83 bits per heavy atom. The minimum Gasteiger partial charge on any atom is -0.477 e. The molecule has 0 bridgehead atoms. The molecule has 2 aromatic heterocycles. The highest BCUT2D eigenvalue weighted by molar-refractivity contribution is 7.14. The first-order valence-electron chi connectivity index (χ1n) is 9.71. The molecule has 0 saturated heterocycles. The molecule has 3 heterocycles. The fourth-order valence-electron chi connectivity index (χ4n) is 3.58. The average Bonchev–Trinajstić information content (AvgIpc) is 3.22. The number of benzene rings is 2. The fraction of sp³-hybridized carbons (Fsp3) is 0.182. The summed E-state index contributed by atoms with van der Waals surface area (Å²) >= 11 is 1.23. The van der Waals surface area contributed by atoms with Gasteiger partial charge >= 0.3 is 0 Å². The van der Waals surface area contributed by atoms with Crippen molar-refractivity contribution in [3.63, 3.8) is 0 Å². The number of nitrogens with zero attached hydrogens (tertiary/aromatic N) is 3. The number of aromatic nitrogens is 3. The van der Waals surface area contributed by atoms with E-state index in [4.69, 9.17) is 15.5 Å². The number of carbonyl (C=O) groups is 1. The summed E-state index contributed by atoms with van der Waals surface area (Å²) in [6.07, 6.45) is 1.79. The highest BCUT2D eigenvalue weighted by atomic mass is 32.1. The number of primary amides is 1. The first kappa shape index (κ1) is 18.5. The Hall–Kier alpha value is -3.52. The number of anilines is 1. The lowest BCUT2D eigenvalue weighted by atomic mass is 10.1. The first-order valence-corrected chi connectivity index (χ1v) is 10.5. The quantitative estimate of drug-likeness (QED) is 0.512. The summed E-state index contributed by atoms with van der Waals surface area (Å²) in [6.45, 7) is 1.28. The van der Waals surface area contributed by atoms with Crippen LogP contribution in [0.2, 0.25) is 0 Å². The van der Waals surface area contributed by atoms with E-state index in [1.165, 1.54) is 11.5 Å². The van der Waals surface area contributed by atoms with Gasteiger partial charge in [0.1, 0.15) is 11.5 Å². The molecule has 0 aliphatic carbocycles. The van der Waals surface area contributed by atoms with Crippen LogP contribution < -0.4 is 15.8 Å². The van der Waals surface area contributed by atoms with E-state index in [-0.39, 0.29) is 0 Å². The SMILES string of the molecule is NC(=O)c1cccc2c(-c3nc(NCc4ccccc4)c4c(n3)OCCC4)nsc12. The van der Waals surface area contributed by atoms with Gasteiger partial charge in [-0.05, 0) is 36.0 Å². The number of carbonyl (C=O) groups excluding carboxylic acids is 1. The monoisotopic (exact) mass is 417 g/mol. The van der Waals surface area contributed by atoms with Gasteiger partial charge in [0.25, 0.3) is 0 Å². The Balaban J connectivity index is 1.58. The minimum absolute atomic E-state index is 0.452. The van der Waals surface area contributed by atoms with E-state index in [1.807, 2.05) is 24.3 Å². The van der Waals surface area contributed by atoms with Gasteiger partial charge in [-0.15, -0.1) is 0 Å². The summed E-state index contributed by atoms with van der Waals surface area (Å²) in [6, 6.07) is 15.6. The van der Waals surface area contributed by atoms with E-state index in [0.29, 0.717) is 36.1 Å². The van der Waals surface area contributed by atoms with Crippen molar-refractivity contribution in [1.29, 1.82) is 0 Å². The second-order valence-corrected chi connectivity index (χ2v) is 7.82. The van der Waals surface area contributed by atoms with Crippen molar-refractivity contribution < 1.29 is 9.53 Å². The molecule has 3 N–H and O–H groups in total. The van der Waals surface area contributed by atoms with Gasteiger partial charge in [0.05, 0.1) is 22.4 Å². The molecule has 0 spiro atoms. The van der Waals surface area contributed by atoms with Gasteiger partial charge in [-0.1, -0.05) is 42.5 Å². The number of nitrogens with one attached hydrogen (secondary N) is 1. The first-order chi connectivity index (χ1) is 14.7. The largest absolute Gasteiger partial charge is 0.477 e. The number of hydrogen-bond acceptors (Lipinski definition) is 7. The zero-order valence-electron chi connectivity index (χ0n) is 16.1. The van der Waals surface area contributed by atoms with E-state index in [9.17, 15) is 4.79 Å². The van der Waals surface area contributed by atoms with Crippen LogP contribution in [-0.4, -0.2) is 26.9 Å². The van der Waals surface area contributed by atoms with E-state index >= 15 is 0 Å². The third-order valence-electron chi connectivity index (χ3n) is 5.06. The van der Waals surface area contributed by atoms with Crippen molar-refractivity contribution in [3.8, 4) is 17.4 Å². The molecule has 30 heavy (non-hydrogen) atoms. The van der Waals surface area contributed by atoms with Crippen LogP contribution in [0.5, 0.6) is 5.88 Å². The van der Waals surface area contributed by atoms with Crippen molar-refractivity contribution in [1.82, 2.24) is 14.3 Å². The van der Waals surface area contributed by atoms with Crippen LogP contribution in [0.4, 0.5) is 5.82 Å². The van der Waals surface area contributed by atoms with Crippen molar-refractivity contribution in [3.05, 3.63) is 65.2 Å². The molecule has 1 aliphatic heterocycles. The van der Waals surface area contributed by atoms with Gasteiger partial charge in [0.2, 0.25) is 11.8 Å². The molecule has 150 valence electrons. The number of ether oxygens (including phenoxy) is 1. The molecule has 5 rings (SSSR count). The van der Waals surface area contributed by atoms with Crippen LogP contribution in [0.15, 0.2) is 48.5 Å². The number of rotatable bonds is 5. The molecular weight excluding hydrogens is 398 g/mol. The maximum atomic E-state index is 11.8. The van der Waals surface area contributed by atoms with E-state index in [0.717, 1.165) is 39.9 Å². The van der Waals surface area contributed by atoms with Crippen LogP contribution in [0.3, 0.4) is 0 Å². The summed E-state index contributed by atoms with van der Waals surface area (Å²) in [5.41, 5.74) is 8.74. The molecule has 2 aromatic carbocycles. The lowest BCUT2D eigenvalue weighted by molar-refractivity contribution is 0.100. The fourth-order valence-corrected chi connectivity index (χ4v) is 4.47. The Labute approximate surface area is 177 Å². The number of hydrogen-bond donors (Lipinski definition) is 2. The maximum absolute atomic E-state index is 11.8. The van der Waals surface area contributed by atoms with Gasteiger partial charge in [-0.3, -0.25) is 4.79 Å². The predicted octanol–water partition coefficient (Wildman–Crippen LogP) is 3.79. The van der Waals surface area contributed by atoms with Crippen molar-refractivity contribution >= 4 is 33.3 Å². The molecule has 0 radical (unpaired) electrons. The van der Waals surface area contributed by atoms with Crippen LogP contribution in [0, 0.1) is 0 Å². The number of nitrogens with two attached hydrogens (primary N) is 1. The molecule has 1 amide bonds. The summed E-state index contributed by atoms with van der Waals surface area (Å²) in [5, 5.41) is 4.25. The molecule has 1 aliphatic rings. The summed E-state index contributed by atoms with van der Waals surface area (Å²) in [4.78, 5) is 21.2. The second-order valence-electron chi connectivity index (χ2n) is 7.05. The summed E-state index contributed by atoms with van der Waals surface area (Å²) in [5.74, 6) is 1.34. The summed E-state index contributed by atoms with van der Waals surface area (Å²) < 4.78 is 11.1. The third kappa shape index (κ3) is 3.35. The highest BCUT2D eigenvalue weighted by Gasteiger charge is 2.23. The second kappa shape index (κ2) is 7.72. The van der Waals surface area contributed by atoms with Crippen molar-refractivity contribution in [2.24, 2.45) is 5.73 Å². The molecule has 0 fully saturated rings. The highest BCUT2D eigenvalue weighted by Crippen LogP contribution is 2.35. The zero-order valence-corrected chi connectivity index (χ0v) is 16.9. The lowest BCUT2D eigenvalue weighted by Gasteiger charge is -2.20. The van der Waals surface area contributed by atoms with Crippen molar-refractivity contribution in [2.75, 3.05) is 11.9 Å². The minimum atomic E-state index is -0.476. The Bertz CT molecular complexity index is 1240. The molecule has 8 heteroatoms. The zero-order chi connectivity index (χ0) is 20.5. The van der Waals surface area contributed by atoms with Gasteiger partial charge in [0, 0.05) is 11.9 Å². The topological polar surface area (TPSA) is 103 Å². The molecule has 4 aromatic rings. The maximum Gasteiger partial charge on any atom is 0.250 e. The van der Waals surface area contributed by atoms with Crippen LogP contribution >= 0.6 is 11.5 Å². The third-order valence-corrected chi connectivity index (χ3v) is 5.95. The van der Waals surface area contributed by atoms with E-state index in [2.05, 4.69) is 26.8 Å². The number of fused-ring (bicyclic) bond motifs is 2. The van der Waals surface area contributed by atoms with Crippen LogP contribution in [0.25, 0.3) is 21.6 Å². The van der Waals surface area contributed by atoms with Gasteiger partial charge < -0.3 is 15.8 Å². The molecule has 0 unspecified atom stereocenters.